The zero-order valence-corrected chi connectivity index (χ0v) is 5.96. The Hall–Kier alpha value is -1.14. The Morgan fingerprint density at radius 1 is 1.25 bits per heavy atom. The molecule has 1 rings (SSSR count). The van der Waals surface area contributed by atoms with E-state index in [0.29, 0.717) is 0 Å². The minimum Gasteiger partial charge on any atom is -0.423 e. The van der Waals surface area contributed by atoms with Gasteiger partial charge in [0.2, 0.25) is 0 Å². The molecule has 0 heterocycles. The highest BCUT2D eigenvalue weighted by molar-refractivity contribution is 6.58. The number of hydrogen-bond acceptors (Lipinski definition) is 3. The van der Waals surface area contributed by atoms with Crippen LogP contribution < -0.4 is 11.2 Å². The van der Waals surface area contributed by atoms with Gasteiger partial charge < -0.3 is 15.8 Å². The molecule has 0 atom stereocenters. The molecule has 0 bridgehead atoms. The summed E-state index contributed by atoms with van der Waals surface area (Å²) in [4.78, 5) is 0. The summed E-state index contributed by atoms with van der Waals surface area (Å²) >= 11 is 0. The molecule has 0 fully saturated rings. The first-order chi connectivity index (χ1) is 5.54. The van der Waals surface area contributed by atoms with Crippen LogP contribution in [0.15, 0.2) is 12.1 Å². The van der Waals surface area contributed by atoms with Gasteiger partial charge in [-0.15, -0.1) is 0 Å². The third-order valence-electron chi connectivity index (χ3n) is 1.41. The van der Waals surface area contributed by atoms with Crippen LogP contribution in [0.1, 0.15) is 0 Å². The standard InChI is InChI=1S/C6H6BF2NO2/c8-3-1-2-4(10)6(9)5(3)7(11)12/h1-2,11-12H,10H2. The molecular formula is C6H6BF2NO2. The maximum Gasteiger partial charge on any atom is 0.494 e. The summed E-state index contributed by atoms with van der Waals surface area (Å²) in [6, 6.07) is 1.88. The lowest BCUT2D eigenvalue weighted by Gasteiger charge is -2.04. The van der Waals surface area contributed by atoms with E-state index in [1.54, 1.807) is 0 Å². The van der Waals surface area contributed by atoms with Crippen molar-refractivity contribution in [2.24, 2.45) is 0 Å². The first kappa shape index (κ1) is 8.96. The third-order valence-corrected chi connectivity index (χ3v) is 1.41. The van der Waals surface area contributed by atoms with Gasteiger partial charge in [0.05, 0.1) is 11.2 Å². The average molecular weight is 173 g/mol. The molecule has 64 valence electrons. The summed E-state index contributed by atoms with van der Waals surface area (Å²) < 4.78 is 25.5. The highest BCUT2D eigenvalue weighted by Crippen LogP contribution is 2.08. The molecule has 6 heteroatoms. The summed E-state index contributed by atoms with van der Waals surface area (Å²) in [5, 5.41) is 17.1. The molecule has 12 heavy (non-hydrogen) atoms. The van der Waals surface area contributed by atoms with Crippen molar-refractivity contribution in [2.75, 3.05) is 5.73 Å². The van der Waals surface area contributed by atoms with Gasteiger partial charge in [-0.1, -0.05) is 0 Å². The molecule has 1 aromatic carbocycles. The summed E-state index contributed by atoms with van der Waals surface area (Å²) in [5.74, 6) is -2.17. The van der Waals surface area contributed by atoms with Crippen molar-refractivity contribution in [1.29, 1.82) is 0 Å². The summed E-state index contributed by atoms with van der Waals surface area (Å²) in [6.07, 6.45) is 0. The summed E-state index contributed by atoms with van der Waals surface area (Å²) in [5.41, 5.74) is 3.92. The van der Waals surface area contributed by atoms with E-state index in [0.717, 1.165) is 12.1 Å². The smallest absolute Gasteiger partial charge is 0.423 e. The van der Waals surface area contributed by atoms with Crippen LogP contribution in [-0.2, 0) is 0 Å². The predicted molar refractivity (Wildman–Crippen MR) is 40.6 cm³/mol. The quantitative estimate of drug-likeness (QED) is 0.385. The second-order valence-corrected chi connectivity index (χ2v) is 2.24. The van der Waals surface area contributed by atoms with Crippen molar-refractivity contribution in [1.82, 2.24) is 0 Å². The van der Waals surface area contributed by atoms with Crippen molar-refractivity contribution in [3.8, 4) is 0 Å². The lowest BCUT2D eigenvalue weighted by atomic mass is 9.79. The van der Waals surface area contributed by atoms with Crippen LogP contribution in [0.3, 0.4) is 0 Å². The van der Waals surface area contributed by atoms with Crippen LogP contribution in [-0.4, -0.2) is 17.2 Å². The molecule has 0 unspecified atom stereocenters. The number of benzene rings is 1. The first-order valence-electron chi connectivity index (χ1n) is 3.13. The SMILES string of the molecule is Nc1ccc(F)c(B(O)O)c1F. The molecule has 0 aromatic heterocycles. The van der Waals surface area contributed by atoms with Crippen LogP contribution in [0.2, 0.25) is 0 Å². The zero-order chi connectivity index (χ0) is 9.30. The average Bonchev–Trinajstić information content (AvgIpc) is 1.97. The fraction of sp³-hybridized carbons (Fsp3) is 0. The van der Waals surface area contributed by atoms with Gasteiger partial charge in [0.1, 0.15) is 11.6 Å². The Balaban J connectivity index is 3.33. The summed E-state index contributed by atoms with van der Waals surface area (Å²) in [7, 11) is -2.19. The molecule has 0 saturated carbocycles. The Bertz CT molecular complexity index is 306. The maximum atomic E-state index is 12.8. The van der Waals surface area contributed by atoms with Crippen molar-refractivity contribution >= 4 is 18.3 Å². The molecule has 0 saturated heterocycles. The largest absolute Gasteiger partial charge is 0.494 e. The number of rotatable bonds is 1. The molecule has 1 aromatic rings. The highest BCUT2D eigenvalue weighted by atomic mass is 19.1. The third kappa shape index (κ3) is 1.39. The molecule has 0 aliphatic carbocycles. The van der Waals surface area contributed by atoms with Gasteiger partial charge in [0, 0.05) is 0 Å². The molecule has 0 spiro atoms. The fourth-order valence-corrected chi connectivity index (χ4v) is 0.823. The Labute approximate surface area is 67.6 Å². The van der Waals surface area contributed by atoms with Gasteiger partial charge in [0.15, 0.2) is 0 Å². The molecule has 4 N–H and O–H groups in total. The normalized spacial score (nSPS) is 10.0. The number of nitrogens with two attached hydrogens (primary N) is 1. The number of hydrogen-bond donors (Lipinski definition) is 3. The van der Waals surface area contributed by atoms with E-state index < -0.39 is 24.2 Å². The molecule has 0 aliphatic heterocycles. The van der Waals surface area contributed by atoms with E-state index in [-0.39, 0.29) is 5.69 Å². The van der Waals surface area contributed by atoms with Crippen LogP contribution >= 0.6 is 0 Å². The first-order valence-corrected chi connectivity index (χ1v) is 3.13. The van der Waals surface area contributed by atoms with E-state index in [2.05, 4.69) is 0 Å². The van der Waals surface area contributed by atoms with Crippen molar-refractivity contribution in [2.45, 2.75) is 0 Å². The Kier molecular flexibility index (Phi) is 2.30. The summed E-state index contributed by atoms with van der Waals surface area (Å²) in [6.45, 7) is 0. The second-order valence-electron chi connectivity index (χ2n) is 2.24. The minimum atomic E-state index is -2.19. The van der Waals surface area contributed by atoms with E-state index in [4.69, 9.17) is 15.8 Å². The van der Waals surface area contributed by atoms with Crippen LogP contribution in [0.5, 0.6) is 0 Å². The van der Waals surface area contributed by atoms with Crippen molar-refractivity contribution in [3.63, 3.8) is 0 Å². The fourth-order valence-electron chi connectivity index (χ4n) is 0.823. The van der Waals surface area contributed by atoms with Gasteiger partial charge >= 0.3 is 7.12 Å². The molecular weight excluding hydrogens is 167 g/mol. The van der Waals surface area contributed by atoms with Crippen LogP contribution in [0.25, 0.3) is 0 Å². The maximum absolute atomic E-state index is 12.8. The lowest BCUT2D eigenvalue weighted by Crippen LogP contribution is -2.36. The van der Waals surface area contributed by atoms with E-state index in [9.17, 15) is 8.78 Å². The van der Waals surface area contributed by atoms with Crippen LogP contribution in [0, 0.1) is 11.6 Å². The molecule has 0 radical (unpaired) electrons. The number of nitrogen functional groups attached to an aromatic ring is 1. The van der Waals surface area contributed by atoms with E-state index >= 15 is 0 Å². The van der Waals surface area contributed by atoms with Crippen LogP contribution in [0.4, 0.5) is 14.5 Å². The van der Waals surface area contributed by atoms with Gasteiger partial charge in [-0.3, -0.25) is 0 Å². The van der Waals surface area contributed by atoms with E-state index in [1.165, 1.54) is 0 Å². The van der Waals surface area contributed by atoms with Crippen molar-refractivity contribution < 1.29 is 18.8 Å². The molecule has 0 aliphatic rings. The van der Waals surface area contributed by atoms with E-state index in [1.807, 2.05) is 0 Å². The van der Waals surface area contributed by atoms with Crippen molar-refractivity contribution in [3.05, 3.63) is 23.8 Å². The number of anilines is 1. The zero-order valence-electron chi connectivity index (χ0n) is 5.96. The topological polar surface area (TPSA) is 66.5 Å². The van der Waals surface area contributed by atoms with Gasteiger partial charge in [0.25, 0.3) is 0 Å². The van der Waals surface area contributed by atoms with Gasteiger partial charge in [-0.2, -0.15) is 0 Å². The lowest BCUT2D eigenvalue weighted by molar-refractivity contribution is 0.419. The monoisotopic (exact) mass is 173 g/mol. The predicted octanol–water partition coefficient (Wildman–Crippen LogP) is -0.773. The molecule has 0 amide bonds. The number of halogens is 2. The Morgan fingerprint density at radius 3 is 2.25 bits per heavy atom. The minimum absolute atomic E-state index is 0.320. The molecule has 3 nitrogen and oxygen atoms in total. The van der Waals surface area contributed by atoms with Gasteiger partial charge in [-0.05, 0) is 12.1 Å². The highest BCUT2D eigenvalue weighted by Gasteiger charge is 2.22. The van der Waals surface area contributed by atoms with Gasteiger partial charge in [-0.25, -0.2) is 8.78 Å². The Morgan fingerprint density at radius 2 is 1.83 bits per heavy atom. The second kappa shape index (κ2) is 3.08.